The standard InChI is InChI=1S/C23H18N4O8/c1-7-12(8-4-6-11(28)20(31)18(8)29)13(24)17(27-15(7)23(33)34)10-5-3-9-16(26-10)21(32)14(25)22(35-2)19(9)30/h3-6,28-29,31H,24-25H2,1-2H3,(H,33,34). The predicted octanol–water partition coefficient (Wildman–Crippen LogP) is 1.71. The summed E-state index contributed by atoms with van der Waals surface area (Å²) in [5, 5.41) is 39.8. The monoisotopic (exact) mass is 478 g/mol. The van der Waals surface area contributed by atoms with Gasteiger partial charge in [-0.05, 0) is 36.8 Å². The van der Waals surface area contributed by atoms with E-state index < -0.39 is 46.2 Å². The fraction of sp³-hybridized carbons (Fsp3) is 0.0870. The number of Topliss-reactive ketones (excluding diaryl/α,β-unsaturated/α-hetero) is 2. The number of carboxylic acid groups (broad SMARTS) is 1. The van der Waals surface area contributed by atoms with Crippen molar-refractivity contribution in [1.82, 2.24) is 9.97 Å². The summed E-state index contributed by atoms with van der Waals surface area (Å²) in [6.45, 7) is 1.40. The summed E-state index contributed by atoms with van der Waals surface area (Å²) in [6, 6.07) is 4.93. The Balaban J connectivity index is 2.01. The number of benzene rings is 1. The maximum Gasteiger partial charge on any atom is 0.354 e. The number of rotatable bonds is 4. The van der Waals surface area contributed by atoms with E-state index >= 15 is 0 Å². The normalized spacial score (nSPS) is 13.1. The minimum atomic E-state index is -1.42. The first-order chi connectivity index (χ1) is 16.5. The van der Waals surface area contributed by atoms with Crippen LogP contribution in [0.5, 0.6) is 17.2 Å². The maximum atomic E-state index is 12.7. The van der Waals surface area contributed by atoms with Crippen LogP contribution in [0.25, 0.3) is 22.5 Å². The van der Waals surface area contributed by atoms with Crippen LogP contribution in [-0.2, 0) is 4.74 Å². The fourth-order valence-electron chi connectivity index (χ4n) is 3.84. The van der Waals surface area contributed by atoms with Gasteiger partial charge in [-0.1, -0.05) is 0 Å². The van der Waals surface area contributed by atoms with Crippen molar-refractivity contribution < 1.29 is 39.5 Å². The first kappa shape index (κ1) is 23.0. The molecule has 35 heavy (non-hydrogen) atoms. The average Bonchev–Trinajstić information content (AvgIpc) is 2.82. The molecule has 0 atom stereocenters. The number of aromatic hydroxyl groups is 3. The zero-order valence-corrected chi connectivity index (χ0v) is 18.3. The molecular formula is C23H18N4O8. The van der Waals surface area contributed by atoms with Gasteiger partial charge in [-0.25, -0.2) is 14.8 Å². The van der Waals surface area contributed by atoms with Crippen LogP contribution in [0.2, 0.25) is 0 Å². The highest BCUT2D eigenvalue weighted by Crippen LogP contribution is 2.46. The molecule has 12 heteroatoms. The topological polar surface area (TPSA) is 219 Å². The Hall–Kier alpha value is -5.13. The number of anilines is 1. The van der Waals surface area contributed by atoms with E-state index in [9.17, 15) is 34.8 Å². The van der Waals surface area contributed by atoms with Crippen LogP contribution in [0.15, 0.2) is 35.7 Å². The molecule has 178 valence electrons. The molecule has 3 aromatic rings. The van der Waals surface area contributed by atoms with Crippen LogP contribution in [-0.4, -0.2) is 55.0 Å². The molecule has 1 aromatic carbocycles. The number of hydrogen-bond acceptors (Lipinski definition) is 11. The van der Waals surface area contributed by atoms with Crippen LogP contribution >= 0.6 is 0 Å². The fourth-order valence-corrected chi connectivity index (χ4v) is 3.84. The van der Waals surface area contributed by atoms with Gasteiger partial charge in [-0.2, -0.15) is 0 Å². The third-order valence-electron chi connectivity index (χ3n) is 5.58. The first-order valence-electron chi connectivity index (χ1n) is 9.91. The van der Waals surface area contributed by atoms with Gasteiger partial charge < -0.3 is 36.6 Å². The molecule has 0 saturated heterocycles. The lowest BCUT2D eigenvalue weighted by Gasteiger charge is -2.19. The number of aromatic nitrogens is 2. The second-order valence-corrected chi connectivity index (χ2v) is 7.56. The van der Waals surface area contributed by atoms with Crippen LogP contribution in [0.4, 0.5) is 5.69 Å². The van der Waals surface area contributed by atoms with E-state index in [1.165, 1.54) is 32.2 Å². The van der Waals surface area contributed by atoms with Gasteiger partial charge in [0, 0.05) is 11.1 Å². The van der Waals surface area contributed by atoms with E-state index in [0.29, 0.717) is 0 Å². The van der Waals surface area contributed by atoms with Crippen LogP contribution < -0.4 is 11.5 Å². The lowest BCUT2D eigenvalue weighted by atomic mass is 9.93. The van der Waals surface area contributed by atoms with Crippen molar-refractivity contribution in [3.8, 4) is 39.8 Å². The molecule has 0 radical (unpaired) electrons. The van der Waals surface area contributed by atoms with Crippen molar-refractivity contribution in [1.29, 1.82) is 0 Å². The zero-order chi connectivity index (χ0) is 25.8. The number of hydrogen-bond donors (Lipinski definition) is 6. The largest absolute Gasteiger partial charge is 0.504 e. The first-order valence-corrected chi connectivity index (χ1v) is 9.91. The highest BCUT2D eigenvalue weighted by molar-refractivity contribution is 6.25. The Kier molecular flexibility index (Phi) is 5.28. The molecule has 1 aliphatic carbocycles. The Morgan fingerprint density at radius 2 is 1.57 bits per heavy atom. The number of pyridine rings is 2. The van der Waals surface area contributed by atoms with Crippen LogP contribution in [0.3, 0.4) is 0 Å². The van der Waals surface area contributed by atoms with Crippen molar-refractivity contribution in [3.63, 3.8) is 0 Å². The number of carbonyl (C=O) groups is 3. The molecule has 0 aliphatic heterocycles. The number of phenols is 3. The molecule has 2 aromatic heterocycles. The molecule has 0 amide bonds. The number of methoxy groups -OCH3 is 1. The third-order valence-corrected chi connectivity index (χ3v) is 5.58. The number of nitrogens with two attached hydrogens (primary N) is 2. The van der Waals surface area contributed by atoms with Gasteiger partial charge in [0.1, 0.15) is 17.1 Å². The van der Waals surface area contributed by atoms with E-state index in [4.69, 9.17) is 16.2 Å². The van der Waals surface area contributed by atoms with Crippen molar-refractivity contribution in [2.45, 2.75) is 6.92 Å². The van der Waals surface area contributed by atoms with Crippen LogP contribution in [0, 0.1) is 6.92 Å². The van der Waals surface area contributed by atoms with E-state index in [2.05, 4.69) is 9.97 Å². The minimum Gasteiger partial charge on any atom is -0.504 e. The van der Waals surface area contributed by atoms with Gasteiger partial charge >= 0.3 is 5.97 Å². The second-order valence-electron chi connectivity index (χ2n) is 7.56. The van der Waals surface area contributed by atoms with Crippen molar-refractivity contribution in [2.24, 2.45) is 5.73 Å². The quantitative estimate of drug-likeness (QED) is 0.295. The van der Waals surface area contributed by atoms with Gasteiger partial charge in [0.15, 0.2) is 23.0 Å². The number of aromatic carboxylic acids is 1. The number of carboxylic acids is 1. The third kappa shape index (κ3) is 3.35. The summed E-state index contributed by atoms with van der Waals surface area (Å²) in [5.74, 6) is -5.34. The number of phenolic OH excluding ortho intramolecular Hbond substituents is 3. The lowest BCUT2D eigenvalue weighted by Crippen LogP contribution is -2.28. The van der Waals surface area contributed by atoms with Gasteiger partial charge in [0.2, 0.25) is 17.3 Å². The molecule has 2 heterocycles. The highest BCUT2D eigenvalue weighted by atomic mass is 16.5. The number of nitrogens with zero attached hydrogens (tertiary/aromatic N) is 2. The highest BCUT2D eigenvalue weighted by Gasteiger charge is 2.34. The number of allylic oxidation sites excluding steroid dienone is 2. The summed E-state index contributed by atoms with van der Waals surface area (Å²) in [6.07, 6.45) is 0. The Labute approximate surface area is 196 Å². The summed E-state index contributed by atoms with van der Waals surface area (Å²) >= 11 is 0. The molecule has 0 unspecified atom stereocenters. The molecule has 0 bridgehead atoms. The molecular weight excluding hydrogens is 460 g/mol. The van der Waals surface area contributed by atoms with Gasteiger partial charge in [0.05, 0.1) is 24.1 Å². The molecule has 0 spiro atoms. The number of fused-ring (bicyclic) bond motifs is 1. The van der Waals surface area contributed by atoms with E-state index in [1.54, 1.807) is 0 Å². The van der Waals surface area contributed by atoms with E-state index in [-0.39, 0.29) is 50.8 Å². The number of ether oxygens (including phenoxy) is 1. The Morgan fingerprint density at radius 1 is 0.914 bits per heavy atom. The average molecular weight is 478 g/mol. The van der Waals surface area contributed by atoms with E-state index in [1.807, 2.05) is 0 Å². The molecule has 12 nitrogen and oxygen atoms in total. The summed E-state index contributed by atoms with van der Waals surface area (Å²) in [7, 11) is 1.20. The van der Waals surface area contributed by atoms with Crippen LogP contribution in [0.1, 0.15) is 36.9 Å². The molecule has 0 saturated carbocycles. The van der Waals surface area contributed by atoms with Crippen molar-refractivity contribution >= 4 is 23.2 Å². The van der Waals surface area contributed by atoms with Crippen molar-refractivity contribution in [3.05, 3.63) is 58.2 Å². The molecule has 8 N–H and O–H groups in total. The lowest BCUT2D eigenvalue weighted by molar-refractivity contribution is 0.0689. The Morgan fingerprint density at radius 3 is 2.20 bits per heavy atom. The minimum absolute atomic E-state index is 0.00297. The number of carbonyl (C=O) groups excluding carboxylic acids is 2. The summed E-state index contributed by atoms with van der Waals surface area (Å²) in [5.41, 5.74) is 10.4. The summed E-state index contributed by atoms with van der Waals surface area (Å²) in [4.78, 5) is 45.5. The van der Waals surface area contributed by atoms with E-state index in [0.717, 1.165) is 6.07 Å². The molecule has 4 rings (SSSR count). The van der Waals surface area contributed by atoms with Gasteiger partial charge in [0.25, 0.3) is 0 Å². The number of ketones is 2. The Bertz CT molecular complexity index is 1510. The summed E-state index contributed by atoms with van der Waals surface area (Å²) < 4.78 is 4.92. The predicted molar refractivity (Wildman–Crippen MR) is 121 cm³/mol. The maximum absolute atomic E-state index is 12.7. The SMILES string of the molecule is COC1=C(N)C(=O)c2nc(-c3nc(C(=O)O)c(C)c(-c4ccc(O)c(O)c4O)c3N)ccc2C1=O. The molecule has 1 aliphatic rings. The van der Waals surface area contributed by atoms with Gasteiger partial charge in [-0.3, -0.25) is 9.59 Å². The molecule has 0 fully saturated rings. The van der Waals surface area contributed by atoms with Gasteiger partial charge in [-0.15, -0.1) is 0 Å². The van der Waals surface area contributed by atoms with Crippen molar-refractivity contribution in [2.75, 3.05) is 12.8 Å². The smallest absolute Gasteiger partial charge is 0.354 e. The number of nitrogen functional groups attached to an aromatic ring is 1. The second kappa shape index (κ2) is 8.02. The zero-order valence-electron chi connectivity index (χ0n) is 18.3.